The Balaban J connectivity index is 0.804. The third kappa shape index (κ3) is 5.65. The van der Waals surface area contributed by atoms with Crippen LogP contribution in [0.5, 0.6) is 0 Å². The maximum absolute atomic E-state index is 5.31. The Morgan fingerprint density at radius 1 is 0.333 bits per heavy atom. The number of rotatable bonds is 4. The van der Waals surface area contributed by atoms with Crippen LogP contribution < -0.4 is 0 Å². The quantitative estimate of drug-likeness (QED) is 0.165. The second kappa shape index (κ2) is 14.1. The molecule has 9 aromatic carbocycles. The van der Waals surface area contributed by atoms with Gasteiger partial charge in [-0.05, 0) is 109 Å². The van der Waals surface area contributed by atoms with Crippen molar-refractivity contribution < 1.29 is 0 Å². The summed E-state index contributed by atoms with van der Waals surface area (Å²) in [4.78, 5) is 25.2. The fraction of sp³-hybridized carbons (Fsp3) is 0.0167. The van der Waals surface area contributed by atoms with Gasteiger partial charge in [-0.2, -0.15) is 0 Å². The molecule has 0 atom stereocenters. The number of hydrogen-bond donors (Lipinski definition) is 0. The smallest absolute Gasteiger partial charge is 0.140 e. The van der Waals surface area contributed by atoms with Crippen LogP contribution in [0.3, 0.4) is 0 Å². The molecule has 0 saturated heterocycles. The highest BCUT2D eigenvalue weighted by molar-refractivity contribution is 6.12. The first-order valence-electron chi connectivity index (χ1n) is 22.3. The first-order valence-corrected chi connectivity index (χ1v) is 22.3. The lowest BCUT2D eigenvalue weighted by atomic mass is 9.96. The van der Waals surface area contributed by atoms with Crippen LogP contribution in [0.25, 0.3) is 143 Å². The molecule has 6 heteroatoms. The monoisotopic (exact) mass is 840 g/mol. The zero-order chi connectivity index (χ0) is 43.5. The van der Waals surface area contributed by atoms with Crippen LogP contribution in [0.2, 0.25) is 0 Å². The van der Waals surface area contributed by atoms with E-state index in [1.165, 1.54) is 37.7 Å². The highest BCUT2D eigenvalue weighted by Crippen LogP contribution is 2.38. The topological polar surface area (TPSA) is 69.4 Å². The number of hydrogen-bond acceptors (Lipinski definition) is 5. The summed E-state index contributed by atoms with van der Waals surface area (Å²) >= 11 is 0. The maximum Gasteiger partial charge on any atom is 0.140 e. The third-order valence-electron chi connectivity index (χ3n) is 13.6. The highest BCUT2D eigenvalue weighted by atomic mass is 15.1. The average molecular weight is 841 g/mol. The number of pyridine rings is 4. The van der Waals surface area contributed by atoms with E-state index in [1.807, 2.05) is 18.5 Å². The summed E-state index contributed by atoms with van der Waals surface area (Å²) in [6.07, 6.45) is 3.74. The normalized spacial score (nSPS) is 12.0. The predicted molar refractivity (Wildman–Crippen MR) is 274 cm³/mol. The first-order chi connectivity index (χ1) is 32.6. The standard InChI is InChI=1S/C60H36N6/c1-66-55-34-42(20-27-54(55)65-60(66)45-17-23-47-41(33-45)11-8-35-5-2-3-7-46(35)47)50-28-30-62-59-51(50)24-14-38-19-26-53(64-58(38)59)44-16-22-49-40(32-44)13-12-39-31-43(15-21-48(39)49)52-25-18-37-10-9-36-6-4-29-61-56(36)57(37)63-52/h2-34H,1H3. The summed E-state index contributed by atoms with van der Waals surface area (Å²) in [5.41, 5.74) is 13.0. The first kappa shape index (κ1) is 36.6. The molecule has 0 unspecified atom stereocenters. The molecule has 14 rings (SSSR count). The molecule has 0 aliphatic carbocycles. The van der Waals surface area contributed by atoms with Gasteiger partial charge in [0.1, 0.15) is 5.82 Å². The van der Waals surface area contributed by atoms with E-state index in [9.17, 15) is 0 Å². The molecule has 0 spiro atoms. The van der Waals surface area contributed by atoms with Crippen LogP contribution in [0.15, 0.2) is 200 Å². The van der Waals surface area contributed by atoms with E-state index in [4.69, 9.17) is 19.9 Å². The molecular formula is C60H36N6. The van der Waals surface area contributed by atoms with Gasteiger partial charge in [0.25, 0.3) is 0 Å². The predicted octanol–water partition coefficient (Wildman–Crippen LogP) is 15.0. The van der Waals surface area contributed by atoms with E-state index >= 15 is 0 Å². The third-order valence-corrected chi connectivity index (χ3v) is 13.6. The Labute approximate surface area is 378 Å². The van der Waals surface area contributed by atoms with Crippen LogP contribution in [0.4, 0.5) is 0 Å². The molecule has 14 aromatic rings. The molecule has 0 aliphatic heterocycles. The van der Waals surface area contributed by atoms with E-state index in [0.29, 0.717) is 0 Å². The number of nitrogens with zero attached hydrogens (tertiary/aromatic N) is 6. The van der Waals surface area contributed by atoms with Crippen molar-refractivity contribution in [3.05, 3.63) is 200 Å². The van der Waals surface area contributed by atoms with E-state index in [-0.39, 0.29) is 0 Å². The molecule has 0 N–H and O–H groups in total. The Morgan fingerprint density at radius 3 is 1.58 bits per heavy atom. The van der Waals surface area contributed by atoms with Crippen molar-refractivity contribution in [1.29, 1.82) is 0 Å². The lowest BCUT2D eigenvalue weighted by Gasteiger charge is -2.11. The number of fused-ring (bicyclic) bond motifs is 13. The summed E-state index contributed by atoms with van der Waals surface area (Å²) < 4.78 is 2.21. The minimum atomic E-state index is 0.884. The SMILES string of the molecule is Cn1c(-c2ccc3c(ccc4ccccc43)c2)nc2ccc(-c3ccnc4c3ccc3ccc(-c5ccc6c(ccc7cc(-c8ccc9ccc%10cccnc%10c9n8)ccc76)c5)nc34)cc21. The summed E-state index contributed by atoms with van der Waals surface area (Å²) in [5.74, 6) is 0.942. The molecule has 0 fully saturated rings. The molecule has 0 saturated carbocycles. The van der Waals surface area contributed by atoms with Crippen molar-refractivity contribution in [3.63, 3.8) is 0 Å². The molecule has 0 bridgehead atoms. The van der Waals surface area contributed by atoms with Gasteiger partial charge in [-0.15, -0.1) is 0 Å². The summed E-state index contributed by atoms with van der Waals surface area (Å²) in [5, 5.41) is 14.0. The second-order valence-corrected chi connectivity index (χ2v) is 17.4. The van der Waals surface area contributed by atoms with E-state index in [2.05, 4.69) is 199 Å². The van der Waals surface area contributed by atoms with Gasteiger partial charge in [-0.3, -0.25) is 9.97 Å². The molecule has 0 aliphatic rings. The van der Waals surface area contributed by atoms with Crippen molar-refractivity contribution in [2.75, 3.05) is 0 Å². The lowest BCUT2D eigenvalue weighted by molar-refractivity contribution is 0.960. The Morgan fingerprint density at radius 2 is 0.848 bits per heavy atom. The van der Waals surface area contributed by atoms with E-state index < -0.39 is 0 Å². The maximum atomic E-state index is 5.31. The van der Waals surface area contributed by atoms with Gasteiger partial charge >= 0.3 is 0 Å². The highest BCUT2D eigenvalue weighted by Gasteiger charge is 2.16. The van der Waals surface area contributed by atoms with Crippen LogP contribution in [-0.4, -0.2) is 29.5 Å². The number of aryl methyl sites for hydroxylation is 1. The van der Waals surface area contributed by atoms with Crippen molar-refractivity contribution in [2.24, 2.45) is 7.05 Å². The minimum Gasteiger partial charge on any atom is -0.327 e. The zero-order valence-electron chi connectivity index (χ0n) is 35.7. The van der Waals surface area contributed by atoms with Crippen molar-refractivity contribution in [2.45, 2.75) is 0 Å². The Hall–Kier alpha value is -8.87. The van der Waals surface area contributed by atoms with Gasteiger partial charge in [0, 0.05) is 57.7 Å². The number of aromatic nitrogens is 6. The fourth-order valence-electron chi connectivity index (χ4n) is 10.3. The van der Waals surface area contributed by atoms with Gasteiger partial charge in [-0.25, -0.2) is 15.0 Å². The van der Waals surface area contributed by atoms with Gasteiger partial charge in [0.15, 0.2) is 0 Å². The molecule has 5 heterocycles. The molecule has 306 valence electrons. The van der Waals surface area contributed by atoms with Crippen LogP contribution in [0.1, 0.15) is 0 Å². The van der Waals surface area contributed by atoms with Crippen LogP contribution >= 0.6 is 0 Å². The largest absolute Gasteiger partial charge is 0.327 e. The number of benzene rings is 9. The van der Waals surface area contributed by atoms with E-state index in [0.717, 1.165) is 105 Å². The zero-order valence-corrected chi connectivity index (χ0v) is 35.7. The van der Waals surface area contributed by atoms with Crippen LogP contribution in [-0.2, 0) is 7.05 Å². The van der Waals surface area contributed by atoms with Crippen molar-refractivity contribution >= 4 is 97.7 Å². The molecule has 0 amide bonds. The second-order valence-electron chi connectivity index (χ2n) is 17.4. The Bertz CT molecular complexity index is 4380. The molecule has 5 aromatic heterocycles. The lowest BCUT2D eigenvalue weighted by Crippen LogP contribution is -1.93. The van der Waals surface area contributed by atoms with Gasteiger partial charge in [0.2, 0.25) is 0 Å². The Kier molecular flexibility index (Phi) is 7.80. The minimum absolute atomic E-state index is 0.884. The molecule has 6 nitrogen and oxygen atoms in total. The summed E-state index contributed by atoms with van der Waals surface area (Å²) in [6, 6.07) is 67.2. The molecular weight excluding hydrogens is 805 g/mol. The average Bonchev–Trinajstić information content (AvgIpc) is 3.72. The van der Waals surface area contributed by atoms with Gasteiger partial charge < -0.3 is 4.57 Å². The van der Waals surface area contributed by atoms with Crippen molar-refractivity contribution in [3.8, 4) is 45.0 Å². The number of imidazole rings is 1. The van der Waals surface area contributed by atoms with Crippen molar-refractivity contribution in [1.82, 2.24) is 29.5 Å². The summed E-state index contributed by atoms with van der Waals surface area (Å²) in [6.45, 7) is 0. The van der Waals surface area contributed by atoms with Gasteiger partial charge in [-0.1, -0.05) is 133 Å². The summed E-state index contributed by atoms with van der Waals surface area (Å²) in [7, 11) is 2.11. The van der Waals surface area contributed by atoms with Crippen LogP contribution in [0, 0.1) is 0 Å². The molecule has 0 radical (unpaired) electrons. The molecule has 66 heavy (non-hydrogen) atoms. The fourth-order valence-corrected chi connectivity index (χ4v) is 10.3. The van der Waals surface area contributed by atoms with E-state index in [1.54, 1.807) is 0 Å². The van der Waals surface area contributed by atoms with Gasteiger partial charge in [0.05, 0.1) is 44.5 Å².